The monoisotopic (exact) mass is 504 g/mol. The molecule has 4 saturated carbocycles. The molecule has 12 atom stereocenters. The molecule has 202 valence electrons. The molecule has 0 bridgehead atoms. The minimum atomic E-state index is -0.856. The second kappa shape index (κ2) is 8.77. The van der Waals surface area contributed by atoms with E-state index in [2.05, 4.69) is 13.8 Å². The van der Waals surface area contributed by atoms with Gasteiger partial charge in [-0.1, -0.05) is 13.8 Å². The highest BCUT2D eigenvalue weighted by Gasteiger charge is 2.67. The van der Waals surface area contributed by atoms with Crippen molar-refractivity contribution in [1.29, 1.82) is 0 Å². The van der Waals surface area contributed by atoms with Crippen LogP contribution in [0.2, 0.25) is 0 Å². The van der Waals surface area contributed by atoms with E-state index in [9.17, 15) is 20.1 Å². The zero-order valence-corrected chi connectivity index (χ0v) is 22.0. The average molecular weight is 505 g/mol. The van der Waals surface area contributed by atoms with Gasteiger partial charge in [-0.25, -0.2) is 4.79 Å². The Labute approximate surface area is 214 Å². The lowest BCUT2D eigenvalue weighted by molar-refractivity contribution is -0.270. The number of carbonyl (C=O) groups is 1. The first-order valence-corrected chi connectivity index (χ1v) is 14.3. The Morgan fingerprint density at radius 2 is 1.81 bits per heavy atom. The van der Waals surface area contributed by atoms with E-state index in [1.54, 1.807) is 13.0 Å². The second-order valence-electron chi connectivity index (χ2n) is 13.4. The number of rotatable bonds is 3. The summed E-state index contributed by atoms with van der Waals surface area (Å²) >= 11 is 0. The molecule has 2 aliphatic heterocycles. The summed E-state index contributed by atoms with van der Waals surface area (Å²) in [5.74, 6) is 1.37. The minimum Gasteiger partial charge on any atom is -0.458 e. The van der Waals surface area contributed by atoms with E-state index in [1.807, 2.05) is 0 Å². The molecule has 6 aliphatic rings. The number of esters is 1. The van der Waals surface area contributed by atoms with Gasteiger partial charge in [0.15, 0.2) is 6.29 Å². The molecule has 2 heterocycles. The van der Waals surface area contributed by atoms with Crippen molar-refractivity contribution in [1.82, 2.24) is 0 Å². The quantitative estimate of drug-likeness (QED) is 0.399. The molecule has 6 rings (SSSR count). The van der Waals surface area contributed by atoms with Gasteiger partial charge in [0.2, 0.25) is 0 Å². The van der Waals surface area contributed by atoms with Crippen LogP contribution in [0.4, 0.5) is 0 Å². The van der Waals surface area contributed by atoms with Crippen LogP contribution in [0, 0.1) is 34.5 Å². The third-order valence-corrected chi connectivity index (χ3v) is 12.0. The summed E-state index contributed by atoms with van der Waals surface area (Å²) in [6.45, 7) is 6.92. The van der Waals surface area contributed by atoms with Crippen LogP contribution in [0.15, 0.2) is 11.6 Å². The molecule has 0 aromatic carbocycles. The van der Waals surface area contributed by atoms with Gasteiger partial charge in [0, 0.05) is 17.9 Å². The summed E-state index contributed by atoms with van der Waals surface area (Å²) in [5.41, 5.74) is 0.404. The van der Waals surface area contributed by atoms with Crippen LogP contribution in [0.25, 0.3) is 0 Å². The van der Waals surface area contributed by atoms with Crippen LogP contribution < -0.4 is 0 Å². The van der Waals surface area contributed by atoms with Gasteiger partial charge in [0.05, 0.1) is 23.9 Å². The molecule has 0 spiro atoms. The molecular formula is C29H44O7. The van der Waals surface area contributed by atoms with Crippen molar-refractivity contribution in [3.8, 4) is 0 Å². The molecule has 1 saturated heterocycles. The van der Waals surface area contributed by atoms with E-state index in [-0.39, 0.29) is 28.8 Å². The number of hydrogen-bond donors (Lipinski definition) is 3. The van der Waals surface area contributed by atoms with E-state index in [0.29, 0.717) is 30.8 Å². The van der Waals surface area contributed by atoms with Gasteiger partial charge in [-0.3, -0.25) is 0 Å². The van der Waals surface area contributed by atoms with Crippen LogP contribution in [0.1, 0.15) is 85.0 Å². The van der Waals surface area contributed by atoms with Crippen molar-refractivity contribution in [3.63, 3.8) is 0 Å². The molecule has 7 nitrogen and oxygen atoms in total. The van der Waals surface area contributed by atoms with Crippen molar-refractivity contribution in [3.05, 3.63) is 11.6 Å². The summed E-state index contributed by atoms with van der Waals surface area (Å²) in [6.07, 6.45) is 8.64. The highest BCUT2D eigenvalue weighted by molar-refractivity contribution is 5.85. The van der Waals surface area contributed by atoms with E-state index in [4.69, 9.17) is 14.2 Å². The van der Waals surface area contributed by atoms with Gasteiger partial charge in [-0.2, -0.15) is 0 Å². The third-order valence-electron chi connectivity index (χ3n) is 12.0. The van der Waals surface area contributed by atoms with E-state index >= 15 is 0 Å². The molecule has 36 heavy (non-hydrogen) atoms. The minimum absolute atomic E-state index is 0.110. The Morgan fingerprint density at radius 1 is 1.00 bits per heavy atom. The first-order valence-electron chi connectivity index (χ1n) is 14.3. The molecule has 7 heteroatoms. The van der Waals surface area contributed by atoms with Crippen molar-refractivity contribution in [2.24, 2.45) is 34.5 Å². The topological polar surface area (TPSA) is 105 Å². The van der Waals surface area contributed by atoms with E-state index in [0.717, 1.165) is 63.4 Å². The lowest BCUT2D eigenvalue weighted by Gasteiger charge is -2.63. The van der Waals surface area contributed by atoms with Gasteiger partial charge in [-0.05, 0) is 99.4 Å². The van der Waals surface area contributed by atoms with Crippen molar-refractivity contribution >= 4 is 5.97 Å². The lowest BCUT2D eigenvalue weighted by Crippen LogP contribution is -2.62. The summed E-state index contributed by atoms with van der Waals surface area (Å²) in [7, 11) is 0. The molecule has 0 aromatic rings. The van der Waals surface area contributed by atoms with E-state index < -0.39 is 30.2 Å². The highest BCUT2D eigenvalue weighted by Crippen LogP contribution is 2.70. The van der Waals surface area contributed by atoms with Crippen LogP contribution in [-0.4, -0.2) is 64.2 Å². The van der Waals surface area contributed by atoms with Gasteiger partial charge in [0.1, 0.15) is 12.7 Å². The van der Waals surface area contributed by atoms with Crippen LogP contribution in [0.5, 0.6) is 0 Å². The predicted octanol–water partition coefficient (Wildman–Crippen LogP) is 3.49. The summed E-state index contributed by atoms with van der Waals surface area (Å²) in [4.78, 5) is 11.8. The first kappa shape index (κ1) is 25.3. The number of cyclic esters (lactones) is 1. The van der Waals surface area contributed by atoms with Gasteiger partial charge >= 0.3 is 5.97 Å². The van der Waals surface area contributed by atoms with Gasteiger partial charge in [0.25, 0.3) is 0 Å². The van der Waals surface area contributed by atoms with Crippen LogP contribution in [-0.2, 0) is 19.0 Å². The number of carbonyl (C=O) groups excluding carboxylic acids is 1. The van der Waals surface area contributed by atoms with E-state index in [1.165, 1.54) is 0 Å². The fraction of sp³-hybridized carbons (Fsp3) is 0.897. The Kier molecular flexibility index (Phi) is 6.16. The summed E-state index contributed by atoms with van der Waals surface area (Å²) in [6, 6.07) is 0. The third kappa shape index (κ3) is 3.67. The van der Waals surface area contributed by atoms with Gasteiger partial charge < -0.3 is 29.5 Å². The average Bonchev–Trinajstić information content (AvgIpc) is 3.37. The number of aliphatic hydroxyl groups excluding tert-OH is 2. The Morgan fingerprint density at radius 3 is 2.53 bits per heavy atom. The molecule has 4 unspecified atom stereocenters. The molecule has 0 aromatic heterocycles. The molecular weight excluding hydrogens is 460 g/mol. The summed E-state index contributed by atoms with van der Waals surface area (Å²) in [5, 5.41) is 32.5. The Balaban J connectivity index is 1.15. The zero-order chi connectivity index (χ0) is 25.5. The van der Waals surface area contributed by atoms with Crippen LogP contribution >= 0.6 is 0 Å². The largest absolute Gasteiger partial charge is 0.458 e. The number of ether oxygens (including phenoxy) is 3. The van der Waals surface area contributed by atoms with Crippen molar-refractivity contribution in [2.75, 3.05) is 6.61 Å². The maximum absolute atomic E-state index is 12.4. The lowest BCUT2D eigenvalue weighted by atomic mass is 9.43. The molecule has 5 fully saturated rings. The number of hydrogen-bond acceptors (Lipinski definition) is 7. The predicted molar refractivity (Wildman–Crippen MR) is 132 cm³/mol. The maximum Gasteiger partial charge on any atom is 0.331 e. The maximum atomic E-state index is 12.4. The number of aliphatic hydroxyl groups is 3. The zero-order valence-electron chi connectivity index (χ0n) is 22.0. The first-order chi connectivity index (χ1) is 17.0. The fourth-order valence-corrected chi connectivity index (χ4v) is 9.82. The molecule has 3 N–H and O–H groups in total. The Hall–Kier alpha value is -0.990. The SMILES string of the molecule is CC1O[C@@H](OC2CC[C@]3(C)C4CC[C@]5(C)[C@@H](C6=CC(=O)OC6)CC[C@]5(O)C4CC[C@@H]3C2)C[C@@H](O)[C@H]1O. The standard InChI is InChI=1S/C29H44O7/c1-16-26(32)23(30)14-25(35-16)36-19-6-9-27(2)18(13-19)4-5-22-21(27)7-10-28(3)20(8-11-29(22,28)33)17-12-24(31)34-15-17/h12,16,18-23,25-26,30,32-33H,4-11,13-15H2,1-3H3/t16?,18-,19?,20-,21?,22?,23-,25+,26+,27+,28-,29+/m1/s1. The molecule has 0 radical (unpaired) electrons. The van der Waals surface area contributed by atoms with Crippen LogP contribution in [0.3, 0.4) is 0 Å². The Bertz CT molecular complexity index is 907. The normalized spacial score (nSPS) is 54.8. The van der Waals surface area contributed by atoms with Crippen molar-refractivity contribution in [2.45, 2.75) is 121 Å². The second-order valence-corrected chi connectivity index (χ2v) is 13.4. The van der Waals surface area contributed by atoms with Gasteiger partial charge in [-0.15, -0.1) is 0 Å². The molecule has 4 aliphatic carbocycles. The smallest absolute Gasteiger partial charge is 0.331 e. The van der Waals surface area contributed by atoms with Crippen molar-refractivity contribution < 1.29 is 34.3 Å². The highest BCUT2D eigenvalue weighted by atomic mass is 16.7. The molecule has 0 amide bonds. The fourth-order valence-electron chi connectivity index (χ4n) is 9.82. The summed E-state index contributed by atoms with van der Waals surface area (Å²) < 4.78 is 17.4. The number of fused-ring (bicyclic) bond motifs is 5.